The number of ether oxygens (including phenoxy) is 2. The number of thioether (sulfide) groups is 1. The first-order valence-corrected chi connectivity index (χ1v) is 12.1. The van der Waals surface area contributed by atoms with E-state index >= 15 is 0 Å². The molecule has 31 heavy (non-hydrogen) atoms. The predicted molar refractivity (Wildman–Crippen MR) is 130 cm³/mol. The Kier molecular flexibility index (Phi) is 8.57. The molecule has 8 heteroatoms. The van der Waals surface area contributed by atoms with E-state index in [2.05, 4.69) is 4.90 Å². The molecule has 3 rings (SSSR count). The minimum Gasteiger partial charge on any atom is -0.497 e. The third-order valence-electron chi connectivity index (χ3n) is 4.61. The van der Waals surface area contributed by atoms with Crippen LogP contribution in [0.25, 0.3) is 10.2 Å². The highest BCUT2D eigenvalue weighted by atomic mass is 32.2. The van der Waals surface area contributed by atoms with Crippen LogP contribution in [0.2, 0.25) is 0 Å². The molecule has 0 bridgehead atoms. The molecule has 0 aliphatic carbocycles. The van der Waals surface area contributed by atoms with Crippen LogP contribution in [-0.4, -0.2) is 62.4 Å². The summed E-state index contributed by atoms with van der Waals surface area (Å²) in [6, 6.07) is 13.7. The third kappa shape index (κ3) is 6.35. The van der Waals surface area contributed by atoms with E-state index in [1.54, 1.807) is 7.11 Å². The number of carbonyl (C=O) groups excluding carboxylic acids is 1. The Labute approximate surface area is 192 Å². The molecule has 2 aromatic carbocycles. The van der Waals surface area contributed by atoms with E-state index in [9.17, 15) is 4.79 Å². The van der Waals surface area contributed by atoms with Crippen molar-refractivity contribution in [2.45, 2.75) is 18.2 Å². The fraction of sp³-hybridized carbons (Fsp3) is 0.391. The van der Waals surface area contributed by atoms with Crippen LogP contribution in [0.1, 0.15) is 13.3 Å². The second-order valence-corrected chi connectivity index (χ2v) is 9.26. The highest BCUT2D eigenvalue weighted by Crippen LogP contribution is 2.35. The summed E-state index contributed by atoms with van der Waals surface area (Å²) in [6.45, 7) is 4.07. The number of nitrogens with zero attached hydrogens (tertiary/aromatic N) is 3. The van der Waals surface area contributed by atoms with E-state index < -0.39 is 0 Å². The van der Waals surface area contributed by atoms with Crippen LogP contribution in [0, 0.1) is 0 Å². The van der Waals surface area contributed by atoms with Gasteiger partial charge in [-0.05, 0) is 70.4 Å². The molecule has 0 spiro atoms. The Bertz CT molecular complexity index is 989. The SMILES string of the molecule is CCOc1cccc2sc(N(CCCN(C)C)C(=O)CSc3ccc(OC)cc3)nc12. The zero-order valence-corrected chi connectivity index (χ0v) is 20.1. The van der Waals surface area contributed by atoms with Crippen LogP contribution < -0.4 is 14.4 Å². The van der Waals surface area contributed by atoms with Gasteiger partial charge in [-0.25, -0.2) is 4.98 Å². The Morgan fingerprint density at radius 1 is 1.13 bits per heavy atom. The lowest BCUT2D eigenvalue weighted by Crippen LogP contribution is -2.34. The lowest BCUT2D eigenvalue weighted by molar-refractivity contribution is -0.116. The number of amides is 1. The highest BCUT2D eigenvalue weighted by molar-refractivity contribution is 8.00. The number of hydrogen-bond acceptors (Lipinski definition) is 7. The largest absolute Gasteiger partial charge is 0.497 e. The van der Waals surface area contributed by atoms with Gasteiger partial charge in [-0.2, -0.15) is 0 Å². The number of benzene rings is 2. The van der Waals surface area contributed by atoms with Gasteiger partial charge in [0.15, 0.2) is 5.13 Å². The van der Waals surface area contributed by atoms with Gasteiger partial charge in [-0.15, -0.1) is 11.8 Å². The van der Waals surface area contributed by atoms with Gasteiger partial charge in [0.1, 0.15) is 17.0 Å². The van der Waals surface area contributed by atoms with Gasteiger partial charge in [-0.1, -0.05) is 17.4 Å². The maximum absolute atomic E-state index is 13.2. The first-order valence-electron chi connectivity index (χ1n) is 10.3. The predicted octanol–water partition coefficient (Wildman–Crippen LogP) is 4.78. The summed E-state index contributed by atoms with van der Waals surface area (Å²) < 4.78 is 12.0. The summed E-state index contributed by atoms with van der Waals surface area (Å²) in [5, 5.41) is 0.723. The van der Waals surface area contributed by atoms with Crippen molar-refractivity contribution in [3.63, 3.8) is 0 Å². The van der Waals surface area contributed by atoms with E-state index in [1.165, 1.54) is 23.1 Å². The van der Waals surface area contributed by atoms with Crippen LogP contribution in [-0.2, 0) is 4.79 Å². The molecule has 0 aliphatic heterocycles. The summed E-state index contributed by atoms with van der Waals surface area (Å²) in [5.41, 5.74) is 0.817. The van der Waals surface area contributed by atoms with E-state index in [0.29, 0.717) is 18.9 Å². The quantitative estimate of drug-likeness (QED) is 0.385. The number of methoxy groups -OCH3 is 1. The Morgan fingerprint density at radius 2 is 1.90 bits per heavy atom. The zero-order valence-electron chi connectivity index (χ0n) is 18.5. The maximum Gasteiger partial charge on any atom is 0.239 e. The first kappa shape index (κ1) is 23.4. The van der Waals surface area contributed by atoms with Crippen molar-refractivity contribution in [3.05, 3.63) is 42.5 Å². The standard InChI is InChI=1S/C23H29N3O3S2/c1-5-29-19-8-6-9-20-22(19)24-23(31-20)26(15-7-14-25(2)3)21(27)16-30-18-12-10-17(28-4)11-13-18/h6,8-13H,5,7,14-16H2,1-4H3. The molecular formula is C23H29N3O3S2. The second kappa shape index (κ2) is 11.4. The number of para-hydroxylation sites is 1. The van der Waals surface area contributed by atoms with E-state index in [-0.39, 0.29) is 5.91 Å². The van der Waals surface area contributed by atoms with Crippen molar-refractivity contribution in [2.75, 3.05) is 51.6 Å². The van der Waals surface area contributed by atoms with Crippen LogP contribution in [0.5, 0.6) is 11.5 Å². The molecule has 6 nitrogen and oxygen atoms in total. The molecule has 0 N–H and O–H groups in total. The van der Waals surface area contributed by atoms with Gasteiger partial charge >= 0.3 is 0 Å². The Morgan fingerprint density at radius 3 is 2.58 bits per heavy atom. The molecule has 0 unspecified atom stereocenters. The topological polar surface area (TPSA) is 54.9 Å². The third-order valence-corrected chi connectivity index (χ3v) is 6.65. The summed E-state index contributed by atoms with van der Waals surface area (Å²) in [4.78, 5) is 23.0. The molecule has 3 aromatic rings. The van der Waals surface area contributed by atoms with Gasteiger partial charge < -0.3 is 14.4 Å². The lowest BCUT2D eigenvalue weighted by Gasteiger charge is -2.21. The molecule has 0 fully saturated rings. The molecule has 0 aliphatic rings. The number of aromatic nitrogens is 1. The van der Waals surface area contributed by atoms with Gasteiger partial charge in [0.2, 0.25) is 5.91 Å². The Balaban J connectivity index is 1.78. The number of thiazole rings is 1. The minimum atomic E-state index is 0.0524. The molecule has 1 heterocycles. The van der Waals surface area contributed by atoms with Crippen LogP contribution in [0.15, 0.2) is 47.4 Å². The summed E-state index contributed by atoms with van der Waals surface area (Å²) in [6.07, 6.45) is 0.875. The van der Waals surface area contributed by atoms with Gasteiger partial charge in [0.25, 0.3) is 0 Å². The average molecular weight is 460 g/mol. The van der Waals surface area contributed by atoms with Crippen molar-refractivity contribution < 1.29 is 14.3 Å². The number of hydrogen-bond donors (Lipinski definition) is 0. The molecule has 0 atom stereocenters. The van der Waals surface area contributed by atoms with E-state index in [0.717, 1.165) is 44.7 Å². The normalized spacial score (nSPS) is 11.1. The minimum absolute atomic E-state index is 0.0524. The highest BCUT2D eigenvalue weighted by Gasteiger charge is 2.21. The summed E-state index contributed by atoms with van der Waals surface area (Å²) >= 11 is 3.06. The average Bonchev–Trinajstić information content (AvgIpc) is 3.20. The molecule has 1 amide bonds. The molecule has 166 valence electrons. The lowest BCUT2D eigenvalue weighted by atomic mass is 10.3. The number of anilines is 1. The van der Waals surface area contributed by atoms with Crippen LogP contribution in [0.4, 0.5) is 5.13 Å². The number of carbonyl (C=O) groups is 1. The fourth-order valence-corrected chi connectivity index (χ4v) is 4.87. The van der Waals surface area contributed by atoms with E-state index in [1.807, 2.05) is 68.4 Å². The zero-order chi connectivity index (χ0) is 22.2. The van der Waals surface area contributed by atoms with Gasteiger partial charge in [0, 0.05) is 11.4 Å². The number of rotatable bonds is 11. The van der Waals surface area contributed by atoms with Crippen LogP contribution in [0.3, 0.4) is 0 Å². The first-order chi connectivity index (χ1) is 15.0. The smallest absolute Gasteiger partial charge is 0.239 e. The monoisotopic (exact) mass is 459 g/mol. The number of fused-ring (bicyclic) bond motifs is 1. The Hall–Kier alpha value is -2.29. The molecule has 1 aromatic heterocycles. The fourth-order valence-electron chi connectivity index (χ4n) is 3.07. The van der Waals surface area contributed by atoms with Crippen molar-refractivity contribution >= 4 is 44.4 Å². The van der Waals surface area contributed by atoms with Crippen molar-refractivity contribution in [2.24, 2.45) is 0 Å². The molecule has 0 saturated heterocycles. The van der Waals surface area contributed by atoms with Crippen molar-refractivity contribution in [1.82, 2.24) is 9.88 Å². The molecular weight excluding hydrogens is 430 g/mol. The molecule has 0 radical (unpaired) electrons. The summed E-state index contributed by atoms with van der Waals surface area (Å²) in [7, 11) is 5.72. The van der Waals surface area contributed by atoms with Crippen molar-refractivity contribution in [1.29, 1.82) is 0 Å². The maximum atomic E-state index is 13.2. The molecule has 0 saturated carbocycles. The van der Waals surface area contributed by atoms with Gasteiger partial charge in [-0.3, -0.25) is 9.69 Å². The second-order valence-electron chi connectivity index (χ2n) is 7.20. The van der Waals surface area contributed by atoms with Gasteiger partial charge in [0.05, 0.1) is 24.2 Å². The van der Waals surface area contributed by atoms with Crippen LogP contribution >= 0.6 is 23.1 Å². The van der Waals surface area contributed by atoms with Crippen molar-refractivity contribution in [3.8, 4) is 11.5 Å². The van der Waals surface area contributed by atoms with E-state index in [4.69, 9.17) is 14.5 Å². The summed E-state index contributed by atoms with van der Waals surface area (Å²) in [5.74, 6) is 1.97.